The fourth-order valence-corrected chi connectivity index (χ4v) is 4.05. The van der Waals surface area contributed by atoms with Gasteiger partial charge in [0.2, 0.25) is 0 Å². The molecular weight excluding hydrogens is 378 g/mol. The molecule has 1 aliphatic rings. The number of morpholine rings is 1. The van der Waals surface area contributed by atoms with E-state index in [1.54, 1.807) is 18.4 Å². The van der Waals surface area contributed by atoms with Crippen LogP contribution in [0.5, 0.6) is 5.75 Å². The summed E-state index contributed by atoms with van der Waals surface area (Å²) in [5.41, 5.74) is 0.948. The van der Waals surface area contributed by atoms with E-state index >= 15 is 0 Å². The smallest absolute Gasteiger partial charge is 0.173 e. The van der Waals surface area contributed by atoms with Crippen LogP contribution in [0, 0.1) is 0 Å². The molecule has 7 heteroatoms. The van der Waals surface area contributed by atoms with Gasteiger partial charge in [0.15, 0.2) is 5.11 Å². The Morgan fingerprint density at radius 1 is 1.30 bits per heavy atom. The van der Waals surface area contributed by atoms with Crippen LogP contribution in [0.15, 0.2) is 41.8 Å². The lowest BCUT2D eigenvalue weighted by Gasteiger charge is -2.29. The fraction of sp³-hybridized carbons (Fsp3) is 0.450. The first kappa shape index (κ1) is 20.1. The molecule has 27 heavy (non-hydrogen) atoms. The van der Waals surface area contributed by atoms with Crippen LogP contribution in [-0.4, -0.2) is 61.4 Å². The van der Waals surface area contributed by atoms with Crippen molar-refractivity contribution in [3.63, 3.8) is 0 Å². The van der Waals surface area contributed by atoms with Crippen LogP contribution < -0.4 is 10.1 Å². The van der Waals surface area contributed by atoms with Gasteiger partial charge in [0.05, 0.1) is 26.9 Å². The summed E-state index contributed by atoms with van der Waals surface area (Å²) in [5, 5.41) is 6.23. The summed E-state index contributed by atoms with van der Waals surface area (Å²) in [6, 6.07) is 12.1. The monoisotopic (exact) mass is 405 g/mol. The second kappa shape index (κ2) is 10.6. The number of nitrogens with zero attached hydrogens (tertiary/aromatic N) is 2. The Kier molecular flexibility index (Phi) is 7.89. The zero-order valence-corrected chi connectivity index (χ0v) is 17.4. The summed E-state index contributed by atoms with van der Waals surface area (Å²) in [6.45, 7) is 6.56. The van der Waals surface area contributed by atoms with Crippen molar-refractivity contribution in [1.82, 2.24) is 9.80 Å². The van der Waals surface area contributed by atoms with E-state index < -0.39 is 0 Å². The third kappa shape index (κ3) is 6.46. The highest BCUT2D eigenvalue weighted by Crippen LogP contribution is 2.19. The largest absolute Gasteiger partial charge is 0.497 e. The van der Waals surface area contributed by atoms with Gasteiger partial charge in [-0.25, -0.2) is 0 Å². The molecule has 2 aromatic rings. The number of thiocarbonyl (C=S) groups is 1. The summed E-state index contributed by atoms with van der Waals surface area (Å²) >= 11 is 7.49. The molecule has 1 fully saturated rings. The topological polar surface area (TPSA) is 37.0 Å². The van der Waals surface area contributed by atoms with Gasteiger partial charge in [-0.15, -0.1) is 11.3 Å². The second-order valence-corrected chi connectivity index (χ2v) is 7.89. The Bertz CT molecular complexity index is 703. The highest BCUT2D eigenvalue weighted by Gasteiger charge is 2.14. The number of methoxy groups -OCH3 is 1. The van der Waals surface area contributed by atoms with E-state index in [1.165, 1.54) is 4.88 Å². The first-order valence-electron chi connectivity index (χ1n) is 9.27. The molecule has 1 aliphatic heterocycles. The van der Waals surface area contributed by atoms with E-state index in [0.29, 0.717) is 0 Å². The molecule has 0 aliphatic carbocycles. The summed E-state index contributed by atoms with van der Waals surface area (Å²) in [6.07, 6.45) is 1.07. The van der Waals surface area contributed by atoms with E-state index in [1.807, 2.05) is 24.3 Å². The first-order chi connectivity index (χ1) is 13.2. The van der Waals surface area contributed by atoms with Gasteiger partial charge in [-0.2, -0.15) is 0 Å². The lowest BCUT2D eigenvalue weighted by Crippen LogP contribution is -2.39. The molecule has 1 aromatic heterocycles. The molecular formula is C20H27N3O2S2. The van der Waals surface area contributed by atoms with Crippen molar-refractivity contribution in [2.24, 2.45) is 0 Å². The zero-order valence-electron chi connectivity index (χ0n) is 15.7. The van der Waals surface area contributed by atoms with Gasteiger partial charge < -0.3 is 19.7 Å². The maximum Gasteiger partial charge on any atom is 0.173 e. The molecule has 1 aromatic carbocycles. The Balaban J connectivity index is 1.58. The van der Waals surface area contributed by atoms with E-state index in [-0.39, 0.29) is 0 Å². The number of anilines is 1. The van der Waals surface area contributed by atoms with E-state index in [9.17, 15) is 0 Å². The van der Waals surface area contributed by atoms with Gasteiger partial charge in [-0.3, -0.25) is 4.90 Å². The maximum atomic E-state index is 5.72. The Morgan fingerprint density at radius 3 is 2.89 bits per heavy atom. The maximum absolute atomic E-state index is 5.72. The molecule has 1 N–H and O–H groups in total. The predicted octanol–water partition coefficient (Wildman–Crippen LogP) is 3.68. The van der Waals surface area contributed by atoms with E-state index in [4.69, 9.17) is 21.7 Å². The molecule has 5 nitrogen and oxygen atoms in total. The number of ether oxygens (including phenoxy) is 2. The lowest BCUT2D eigenvalue weighted by molar-refractivity contribution is 0.0368. The minimum atomic E-state index is 0.749. The number of rotatable bonds is 8. The lowest BCUT2D eigenvalue weighted by atomic mass is 10.3. The Morgan fingerprint density at radius 2 is 2.15 bits per heavy atom. The third-order valence-electron chi connectivity index (χ3n) is 4.54. The van der Waals surface area contributed by atoms with Crippen LogP contribution in [0.1, 0.15) is 11.3 Å². The summed E-state index contributed by atoms with van der Waals surface area (Å²) in [4.78, 5) is 6.03. The van der Waals surface area contributed by atoms with Crippen molar-refractivity contribution in [3.8, 4) is 5.75 Å². The van der Waals surface area contributed by atoms with Gasteiger partial charge in [-0.05, 0) is 42.2 Å². The van der Waals surface area contributed by atoms with Crippen molar-refractivity contribution in [2.75, 3.05) is 51.8 Å². The molecule has 146 valence electrons. The average Bonchev–Trinajstić information content (AvgIpc) is 3.21. The van der Waals surface area contributed by atoms with Crippen molar-refractivity contribution in [3.05, 3.63) is 46.7 Å². The van der Waals surface area contributed by atoms with Gasteiger partial charge in [0.1, 0.15) is 5.75 Å². The normalized spacial score (nSPS) is 14.7. The van der Waals surface area contributed by atoms with Crippen LogP contribution in [0.4, 0.5) is 5.69 Å². The molecule has 0 radical (unpaired) electrons. The van der Waals surface area contributed by atoms with Crippen molar-refractivity contribution < 1.29 is 9.47 Å². The molecule has 0 amide bonds. The summed E-state index contributed by atoms with van der Waals surface area (Å²) in [7, 11) is 1.67. The van der Waals surface area contributed by atoms with E-state index in [0.717, 1.165) is 68.9 Å². The van der Waals surface area contributed by atoms with Gasteiger partial charge in [-0.1, -0.05) is 12.1 Å². The number of benzene rings is 1. The molecule has 2 heterocycles. The predicted molar refractivity (Wildman–Crippen MR) is 116 cm³/mol. The highest BCUT2D eigenvalue weighted by molar-refractivity contribution is 7.80. The summed E-state index contributed by atoms with van der Waals surface area (Å²) < 4.78 is 10.7. The Labute approximate surface area is 170 Å². The van der Waals surface area contributed by atoms with Crippen LogP contribution in [0.3, 0.4) is 0 Å². The highest BCUT2D eigenvalue weighted by atomic mass is 32.1. The van der Waals surface area contributed by atoms with Gasteiger partial charge in [0.25, 0.3) is 0 Å². The van der Waals surface area contributed by atoms with Crippen LogP contribution in [0.25, 0.3) is 0 Å². The van der Waals surface area contributed by atoms with Crippen LogP contribution in [-0.2, 0) is 11.3 Å². The molecule has 0 bridgehead atoms. The molecule has 0 unspecified atom stereocenters. The second-order valence-electron chi connectivity index (χ2n) is 6.47. The molecule has 3 rings (SSSR count). The minimum Gasteiger partial charge on any atom is -0.497 e. The molecule has 1 saturated heterocycles. The molecule has 0 saturated carbocycles. The summed E-state index contributed by atoms with van der Waals surface area (Å²) in [5.74, 6) is 0.819. The van der Waals surface area contributed by atoms with Gasteiger partial charge in [0, 0.05) is 42.8 Å². The third-order valence-corrected chi connectivity index (χ3v) is 5.76. The number of nitrogens with one attached hydrogen (secondary N) is 1. The van der Waals surface area contributed by atoms with Gasteiger partial charge >= 0.3 is 0 Å². The van der Waals surface area contributed by atoms with Crippen LogP contribution >= 0.6 is 23.6 Å². The standard InChI is InChI=1S/C20H27N3O2S2/c1-24-18-6-2-5-17(15-18)21-20(26)23(16-19-7-3-14-27-19)9-4-8-22-10-12-25-13-11-22/h2-3,5-7,14-15H,4,8-13,16H2,1H3,(H,21,26). The van der Waals surface area contributed by atoms with Crippen molar-refractivity contribution in [2.45, 2.75) is 13.0 Å². The van der Waals surface area contributed by atoms with Crippen molar-refractivity contribution in [1.29, 1.82) is 0 Å². The molecule has 0 spiro atoms. The Hall–Kier alpha value is -1.67. The van der Waals surface area contributed by atoms with Crippen molar-refractivity contribution >= 4 is 34.4 Å². The number of thiophene rings is 1. The fourth-order valence-electron chi connectivity index (χ4n) is 3.06. The SMILES string of the molecule is COc1cccc(NC(=S)N(CCCN2CCOCC2)Cc2cccs2)c1. The first-order valence-corrected chi connectivity index (χ1v) is 10.6. The quantitative estimate of drug-likeness (QED) is 0.676. The average molecular weight is 406 g/mol. The number of hydrogen-bond acceptors (Lipinski definition) is 5. The van der Waals surface area contributed by atoms with Crippen LogP contribution in [0.2, 0.25) is 0 Å². The number of hydrogen-bond donors (Lipinski definition) is 1. The molecule has 0 atom stereocenters. The van der Waals surface area contributed by atoms with E-state index in [2.05, 4.69) is 32.6 Å². The zero-order chi connectivity index (χ0) is 18.9. The minimum absolute atomic E-state index is 0.749.